The Morgan fingerprint density at radius 2 is 1.90 bits per heavy atom. The van der Waals surface area contributed by atoms with Crippen molar-refractivity contribution in [3.8, 4) is 5.75 Å². The predicted molar refractivity (Wildman–Crippen MR) is 85.0 cm³/mol. The van der Waals surface area contributed by atoms with Crippen molar-refractivity contribution in [1.29, 1.82) is 0 Å². The minimum Gasteiger partial charge on any atom is -0.495 e. The van der Waals surface area contributed by atoms with Gasteiger partial charge in [-0.3, -0.25) is 0 Å². The molecule has 1 aromatic rings. The van der Waals surface area contributed by atoms with Gasteiger partial charge in [-0.15, -0.1) is 0 Å². The summed E-state index contributed by atoms with van der Waals surface area (Å²) >= 11 is 0. The van der Waals surface area contributed by atoms with Crippen molar-refractivity contribution in [3.05, 3.63) is 18.2 Å². The first kappa shape index (κ1) is 17.7. The summed E-state index contributed by atoms with van der Waals surface area (Å²) in [7, 11) is 1.92. The fourth-order valence-electron chi connectivity index (χ4n) is 2.03. The molecule has 0 aliphatic carbocycles. The van der Waals surface area contributed by atoms with E-state index in [-0.39, 0.29) is 4.90 Å². The zero-order chi connectivity index (χ0) is 16.0. The molecular formula is C14H25N3O3S. The zero-order valence-corrected chi connectivity index (χ0v) is 14.0. The van der Waals surface area contributed by atoms with Gasteiger partial charge < -0.3 is 15.4 Å². The van der Waals surface area contributed by atoms with E-state index in [4.69, 9.17) is 10.5 Å². The predicted octanol–water partition coefficient (Wildman–Crippen LogP) is 1.24. The van der Waals surface area contributed by atoms with E-state index in [1.54, 1.807) is 6.07 Å². The molecule has 0 atom stereocenters. The third kappa shape index (κ3) is 4.59. The van der Waals surface area contributed by atoms with Crippen LogP contribution in [0.5, 0.6) is 5.75 Å². The number of sulfonamides is 1. The Hall–Kier alpha value is -1.31. The molecule has 0 aliphatic rings. The second-order valence-corrected chi connectivity index (χ2v) is 7.00. The van der Waals surface area contributed by atoms with E-state index in [1.165, 1.54) is 23.5 Å². The number of hydrogen-bond acceptors (Lipinski definition) is 5. The first-order chi connectivity index (χ1) is 9.82. The number of rotatable bonds is 8. The van der Waals surface area contributed by atoms with Gasteiger partial charge >= 0.3 is 0 Å². The van der Waals surface area contributed by atoms with Crippen LogP contribution in [0.2, 0.25) is 0 Å². The Morgan fingerprint density at radius 1 is 1.24 bits per heavy atom. The highest BCUT2D eigenvalue weighted by Gasteiger charge is 2.23. The molecular weight excluding hydrogens is 290 g/mol. The second-order valence-electron chi connectivity index (χ2n) is 5.06. The Bertz CT molecular complexity index is 559. The Kier molecular flexibility index (Phi) is 6.44. The minimum absolute atomic E-state index is 0.201. The normalized spacial score (nSPS) is 12.1. The molecule has 0 amide bonds. The smallest absolute Gasteiger partial charge is 0.243 e. The molecule has 21 heavy (non-hydrogen) atoms. The van der Waals surface area contributed by atoms with Crippen LogP contribution in [0.1, 0.15) is 13.3 Å². The average Bonchev–Trinajstić information content (AvgIpc) is 2.42. The lowest BCUT2D eigenvalue weighted by Gasteiger charge is -2.21. The number of hydrogen-bond donors (Lipinski definition) is 1. The molecule has 0 spiro atoms. The maximum atomic E-state index is 12.6. The molecule has 0 saturated carbocycles. The maximum Gasteiger partial charge on any atom is 0.243 e. The first-order valence-corrected chi connectivity index (χ1v) is 8.35. The largest absolute Gasteiger partial charge is 0.495 e. The number of methoxy groups -OCH3 is 1. The molecule has 1 rings (SSSR count). The summed E-state index contributed by atoms with van der Waals surface area (Å²) in [5.74, 6) is 0.476. The average molecular weight is 315 g/mol. The van der Waals surface area contributed by atoms with Crippen molar-refractivity contribution in [3.63, 3.8) is 0 Å². The summed E-state index contributed by atoms with van der Waals surface area (Å²) in [5, 5.41) is 0. The summed E-state index contributed by atoms with van der Waals surface area (Å²) in [6, 6.07) is 4.55. The van der Waals surface area contributed by atoms with Gasteiger partial charge in [-0.05, 0) is 45.3 Å². The van der Waals surface area contributed by atoms with Gasteiger partial charge in [-0.1, -0.05) is 6.92 Å². The topological polar surface area (TPSA) is 75.9 Å². The molecule has 1 aromatic carbocycles. The monoisotopic (exact) mass is 315 g/mol. The van der Waals surface area contributed by atoms with Gasteiger partial charge in [-0.2, -0.15) is 4.31 Å². The maximum absolute atomic E-state index is 12.6. The molecule has 6 nitrogen and oxygen atoms in total. The molecule has 0 heterocycles. The van der Waals surface area contributed by atoms with Gasteiger partial charge in [-0.25, -0.2) is 8.42 Å². The number of ether oxygens (including phenoxy) is 1. The lowest BCUT2D eigenvalue weighted by Crippen LogP contribution is -2.33. The van der Waals surface area contributed by atoms with E-state index in [9.17, 15) is 8.42 Å². The van der Waals surface area contributed by atoms with Crippen molar-refractivity contribution in [2.75, 3.05) is 46.6 Å². The van der Waals surface area contributed by atoms with E-state index < -0.39 is 10.0 Å². The lowest BCUT2D eigenvalue weighted by atomic mass is 10.3. The highest BCUT2D eigenvalue weighted by atomic mass is 32.2. The van der Waals surface area contributed by atoms with Crippen molar-refractivity contribution in [2.45, 2.75) is 18.2 Å². The van der Waals surface area contributed by atoms with Crippen LogP contribution >= 0.6 is 0 Å². The highest BCUT2D eigenvalue weighted by molar-refractivity contribution is 7.89. The number of nitrogen functional groups attached to an aromatic ring is 1. The van der Waals surface area contributed by atoms with Gasteiger partial charge in [0.15, 0.2) is 0 Å². The molecule has 0 aromatic heterocycles. The van der Waals surface area contributed by atoms with E-state index in [2.05, 4.69) is 0 Å². The van der Waals surface area contributed by atoms with Gasteiger partial charge in [0.2, 0.25) is 10.0 Å². The Balaban J connectivity index is 2.93. The van der Waals surface area contributed by atoms with Gasteiger partial charge in [0.05, 0.1) is 17.7 Å². The van der Waals surface area contributed by atoms with Gasteiger partial charge in [0.1, 0.15) is 5.75 Å². The molecule has 0 radical (unpaired) electrons. The van der Waals surface area contributed by atoms with Crippen LogP contribution in [-0.2, 0) is 10.0 Å². The Morgan fingerprint density at radius 3 is 2.38 bits per heavy atom. The number of benzene rings is 1. The fourth-order valence-corrected chi connectivity index (χ4v) is 3.56. The van der Waals surface area contributed by atoms with E-state index >= 15 is 0 Å². The van der Waals surface area contributed by atoms with E-state index in [0.29, 0.717) is 24.5 Å². The number of nitrogens with zero attached hydrogens (tertiary/aromatic N) is 2. The summed E-state index contributed by atoms with van der Waals surface area (Å²) in [6.45, 7) is 3.60. The summed E-state index contributed by atoms with van der Waals surface area (Å²) in [6.07, 6.45) is 0.783. The quantitative estimate of drug-likeness (QED) is 0.731. The summed E-state index contributed by atoms with van der Waals surface area (Å²) in [4.78, 5) is 2.23. The van der Waals surface area contributed by atoms with Crippen molar-refractivity contribution in [2.24, 2.45) is 0 Å². The molecule has 0 aliphatic heterocycles. The summed E-state index contributed by atoms with van der Waals surface area (Å²) in [5.41, 5.74) is 6.12. The van der Waals surface area contributed by atoms with Crippen LogP contribution in [0.3, 0.4) is 0 Å². The van der Waals surface area contributed by atoms with Crippen LogP contribution in [0.15, 0.2) is 23.1 Å². The van der Waals surface area contributed by atoms with Crippen LogP contribution in [0, 0.1) is 0 Å². The van der Waals surface area contributed by atoms with E-state index in [1.807, 2.05) is 25.9 Å². The third-order valence-corrected chi connectivity index (χ3v) is 5.17. The molecule has 0 fully saturated rings. The van der Waals surface area contributed by atoms with Crippen molar-refractivity contribution >= 4 is 15.7 Å². The number of anilines is 1. The minimum atomic E-state index is -3.52. The second kappa shape index (κ2) is 7.63. The molecule has 0 unspecified atom stereocenters. The zero-order valence-electron chi connectivity index (χ0n) is 13.2. The van der Waals surface area contributed by atoms with Crippen molar-refractivity contribution in [1.82, 2.24) is 9.21 Å². The molecule has 0 saturated heterocycles. The van der Waals surface area contributed by atoms with Gasteiger partial charge in [0, 0.05) is 13.1 Å². The van der Waals surface area contributed by atoms with Crippen LogP contribution in [-0.4, -0.2) is 58.5 Å². The molecule has 7 heteroatoms. The SMILES string of the molecule is CCN(CCCN(C)C)S(=O)(=O)c1ccc(OC)c(N)c1. The molecule has 120 valence electrons. The standard InChI is InChI=1S/C14H25N3O3S/c1-5-17(10-6-9-16(2)3)21(18,19)12-7-8-14(20-4)13(15)11-12/h7-8,11H,5-6,9-10,15H2,1-4H3. The molecule has 0 bridgehead atoms. The Labute approximate surface area is 127 Å². The van der Waals surface area contributed by atoms with Crippen LogP contribution in [0.25, 0.3) is 0 Å². The van der Waals surface area contributed by atoms with Crippen LogP contribution < -0.4 is 10.5 Å². The van der Waals surface area contributed by atoms with Crippen molar-refractivity contribution < 1.29 is 13.2 Å². The fraction of sp³-hybridized carbons (Fsp3) is 0.571. The first-order valence-electron chi connectivity index (χ1n) is 6.91. The molecule has 2 N–H and O–H groups in total. The number of nitrogens with two attached hydrogens (primary N) is 1. The van der Waals surface area contributed by atoms with E-state index in [0.717, 1.165) is 13.0 Å². The highest BCUT2D eigenvalue weighted by Crippen LogP contribution is 2.26. The summed E-state index contributed by atoms with van der Waals surface area (Å²) < 4.78 is 31.7. The van der Waals surface area contributed by atoms with Crippen LogP contribution in [0.4, 0.5) is 5.69 Å². The third-order valence-electron chi connectivity index (χ3n) is 3.20. The van der Waals surface area contributed by atoms with Gasteiger partial charge in [0.25, 0.3) is 0 Å². The lowest BCUT2D eigenvalue weighted by molar-refractivity contribution is 0.356.